The predicted octanol–water partition coefficient (Wildman–Crippen LogP) is 3.27. The molecule has 0 saturated heterocycles. The largest absolute Gasteiger partial charge is 0.478 e. The lowest BCUT2D eigenvalue weighted by molar-refractivity contribution is -0.131. The van der Waals surface area contributed by atoms with Crippen molar-refractivity contribution in [2.24, 2.45) is 0 Å². The Morgan fingerprint density at radius 1 is 1.29 bits per heavy atom. The Bertz CT molecular complexity index is 557. The first-order valence-corrected chi connectivity index (χ1v) is 6.84. The molecule has 0 saturated carbocycles. The zero-order valence-electron chi connectivity index (χ0n) is 12.9. The second-order valence-corrected chi connectivity index (χ2v) is 5.77. The standard InChI is InChI=1S/C16H22N2O3/c1-5-12-10-11(7-9-14(19)20)6-8-13(12)17-15(21)18-16(2,3)4/h6-10H,5H2,1-4H3,(H,19,20)(H2,17,18,21)/b9-7+. The molecule has 5 heteroatoms. The smallest absolute Gasteiger partial charge is 0.328 e. The van der Waals surface area contributed by atoms with Crippen LogP contribution in [0.1, 0.15) is 38.8 Å². The average molecular weight is 290 g/mol. The summed E-state index contributed by atoms with van der Waals surface area (Å²) in [5.41, 5.74) is 2.16. The van der Waals surface area contributed by atoms with Crippen molar-refractivity contribution in [3.05, 3.63) is 35.4 Å². The number of rotatable bonds is 4. The van der Waals surface area contributed by atoms with Crippen LogP contribution in [0.4, 0.5) is 10.5 Å². The van der Waals surface area contributed by atoms with E-state index < -0.39 is 5.97 Å². The van der Waals surface area contributed by atoms with Gasteiger partial charge in [-0.1, -0.05) is 13.0 Å². The van der Waals surface area contributed by atoms with Crippen molar-refractivity contribution in [2.45, 2.75) is 39.7 Å². The Hall–Kier alpha value is -2.30. The lowest BCUT2D eigenvalue weighted by Gasteiger charge is -2.21. The van der Waals surface area contributed by atoms with Crippen LogP contribution in [0.3, 0.4) is 0 Å². The van der Waals surface area contributed by atoms with Crippen LogP contribution in [-0.4, -0.2) is 22.6 Å². The van der Waals surface area contributed by atoms with Crippen LogP contribution in [0.5, 0.6) is 0 Å². The number of aliphatic carboxylic acids is 1. The minimum absolute atomic E-state index is 0.258. The van der Waals surface area contributed by atoms with Gasteiger partial charge in [-0.25, -0.2) is 9.59 Å². The van der Waals surface area contributed by atoms with Gasteiger partial charge in [0.2, 0.25) is 0 Å². The quantitative estimate of drug-likeness (QED) is 0.745. The first-order valence-electron chi connectivity index (χ1n) is 6.84. The molecule has 1 rings (SSSR count). The highest BCUT2D eigenvalue weighted by atomic mass is 16.4. The molecule has 0 unspecified atom stereocenters. The third kappa shape index (κ3) is 6.12. The van der Waals surface area contributed by atoms with E-state index >= 15 is 0 Å². The van der Waals surface area contributed by atoms with E-state index in [1.54, 1.807) is 12.1 Å². The van der Waals surface area contributed by atoms with Gasteiger partial charge < -0.3 is 15.7 Å². The molecule has 0 aliphatic heterocycles. The number of aryl methyl sites for hydroxylation is 1. The van der Waals surface area contributed by atoms with Gasteiger partial charge in [0.05, 0.1) is 0 Å². The van der Waals surface area contributed by atoms with Crippen LogP contribution in [0.15, 0.2) is 24.3 Å². The second-order valence-electron chi connectivity index (χ2n) is 5.77. The molecule has 1 aromatic rings. The van der Waals surface area contributed by atoms with E-state index in [0.29, 0.717) is 0 Å². The fourth-order valence-electron chi connectivity index (χ4n) is 1.79. The minimum atomic E-state index is -0.986. The average Bonchev–Trinajstić information content (AvgIpc) is 2.35. The molecule has 0 fully saturated rings. The van der Waals surface area contributed by atoms with Crippen molar-refractivity contribution >= 4 is 23.8 Å². The Labute approximate surface area is 125 Å². The van der Waals surface area contributed by atoms with Gasteiger partial charge in [0, 0.05) is 17.3 Å². The lowest BCUT2D eigenvalue weighted by atomic mass is 10.1. The number of carboxylic acids is 1. The van der Waals surface area contributed by atoms with Crippen molar-refractivity contribution in [1.29, 1.82) is 0 Å². The monoisotopic (exact) mass is 290 g/mol. The van der Waals surface area contributed by atoms with E-state index in [-0.39, 0.29) is 11.6 Å². The van der Waals surface area contributed by atoms with E-state index in [1.165, 1.54) is 6.08 Å². The molecule has 0 radical (unpaired) electrons. The van der Waals surface area contributed by atoms with Crippen LogP contribution in [0.2, 0.25) is 0 Å². The molecule has 21 heavy (non-hydrogen) atoms. The number of amides is 2. The van der Waals surface area contributed by atoms with Gasteiger partial charge in [0.1, 0.15) is 0 Å². The normalized spacial score (nSPS) is 11.4. The number of urea groups is 1. The number of hydrogen-bond donors (Lipinski definition) is 3. The van der Waals surface area contributed by atoms with Crippen LogP contribution in [0, 0.1) is 0 Å². The fourth-order valence-corrected chi connectivity index (χ4v) is 1.79. The first kappa shape index (κ1) is 16.8. The molecule has 0 bridgehead atoms. The zero-order valence-corrected chi connectivity index (χ0v) is 12.9. The van der Waals surface area contributed by atoms with E-state index in [9.17, 15) is 9.59 Å². The predicted molar refractivity (Wildman–Crippen MR) is 84.4 cm³/mol. The third-order valence-corrected chi connectivity index (χ3v) is 2.67. The Balaban J connectivity index is 2.89. The lowest BCUT2D eigenvalue weighted by Crippen LogP contribution is -2.43. The Morgan fingerprint density at radius 3 is 2.48 bits per heavy atom. The summed E-state index contributed by atoms with van der Waals surface area (Å²) in [7, 11) is 0. The number of nitrogens with one attached hydrogen (secondary N) is 2. The van der Waals surface area contributed by atoms with E-state index in [0.717, 1.165) is 29.3 Å². The van der Waals surface area contributed by atoms with Gasteiger partial charge in [-0.3, -0.25) is 0 Å². The van der Waals surface area contributed by atoms with E-state index in [4.69, 9.17) is 5.11 Å². The van der Waals surface area contributed by atoms with Crippen molar-refractivity contribution in [2.75, 3.05) is 5.32 Å². The van der Waals surface area contributed by atoms with Crippen LogP contribution in [-0.2, 0) is 11.2 Å². The van der Waals surface area contributed by atoms with Gasteiger partial charge in [-0.15, -0.1) is 0 Å². The van der Waals surface area contributed by atoms with Gasteiger partial charge in [-0.2, -0.15) is 0 Å². The number of carbonyl (C=O) groups is 2. The fraction of sp³-hybridized carbons (Fsp3) is 0.375. The molecule has 0 aromatic heterocycles. The van der Waals surface area contributed by atoms with E-state index in [1.807, 2.05) is 33.8 Å². The molecule has 0 aliphatic carbocycles. The van der Waals surface area contributed by atoms with Gasteiger partial charge in [0.25, 0.3) is 0 Å². The van der Waals surface area contributed by atoms with Crippen molar-refractivity contribution in [3.63, 3.8) is 0 Å². The van der Waals surface area contributed by atoms with Gasteiger partial charge >= 0.3 is 12.0 Å². The molecule has 114 valence electrons. The number of carbonyl (C=O) groups excluding carboxylic acids is 1. The third-order valence-electron chi connectivity index (χ3n) is 2.67. The van der Waals surface area contributed by atoms with E-state index in [2.05, 4.69) is 10.6 Å². The first-order chi connectivity index (χ1) is 9.71. The van der Waals surface area contributed by atoms with Crippen molar-refractivity contribution in [3.8, 4) is 0 Å². The molecular weight excluding hydrogens is 268 g/mol. The number of benzene rings is 1. The second kappa shape index (κ2) is 6.92. The maximum absolute atomic E-state index is 11.9. The summed E-state index contributed by atoms with van der Waals surface area (Å²) in [5.74, 6) is -0.986. The van der Waals surface area contributed by atoms with Crippen molar-refractivity contribution < 1.29 is 14.7 Å². The number of carboxylic acid groups (broad SMARTS) is 1. The van der Waals surface area contributed by atoms with Crippen LogP contribution >= 0.6 is 0 Å². The molecular formula is C16H22N2O3. The molecule has 0 aliphatic rings. The Morgan fingerprint density at radius 2 is 1.95 bits per heavy atom. The Kier molecular flexibility index (Phi) is 5.52. The summed E-state index contributed by atoms with van der Waals surface area (Å²) in [6.07, 6.45) is 3.36. The number of hydrogen-bond acceptors (Lipinski definition) is 2. The van der Waals surface area contributed by atoms with Crippen LogP contribution < -0.4 is 10.6 Å². The summed E-state index contributed by atoms with van der Waals surface area (Å²) in [5, 5.41) is 14.3. The van der Waals surface area contributed by atoms with Crippen LogP contribution in [0.25, 0.3) is 6.08 Å². The summed E-state index contributed by atoms with van der Waals surface area (Å²) in [6.45, 7) is 7.71. The highest BCUT2D eigenvalue weighted by molar-refractivity contribution is 5.91. The SMILES string of the molecule is CCc1cc(/C=C/C(=O)O)ccc1NC(=O)NC(C)(C)C. The summed E-state index contributed by atoms with van der Waals surface area (Å²) in [4.78, 5) is 22.4. The highest BCUT2D eigenvalue weighted by Gasteiger charge is 2.14. The summed E-state index contributed by atoms with van der Waals surface area (Å²) < 4.78 is 0. The van der Waals surface area contributed by atoms with Gasteiger partial charge in [0.15, 0.2) is 0 Å². The molecule has 0 spiro atoms. The van der Waals surface area contributed by atoms with Gasteiger partial charge in [-0.05, 0) is 56.5 Å². The topological polar surface area (TPSA) is 78.4 Å². The minimum Gasteiger partial charge on any atom is -0.478 e. The highest BCUT2D eigenvalue weighted by Crippen LogP contribution is 2.19. The summed E-state index contributed by atoms with van der Waals surface area (Å²) in [6, 6.07) is 5.16. The summed E-state index contributed by atoms with van der Waals surface area (Å²) >= 11 is 0. The molecule has 0 heterocycles. The molecule has 3 N–H and O–H groups in total. The zero-order chi connectivity index (χ0) is 16.0. The maximum atomic E-state index is 11.9. The maximum Gasteiger partial charge on any atom is 0.328 e. The van der Waals surface area contributed by atoms with Crippen molar-refractivity contribution in [1.82, 2.24) is 5.32 Å². The molecule has 0 atom stereocenters. The molecule has 5 nitrogen and oxygen atoms in total. The molecule has 1 aromatic carbocycles. The number of anilines is 1. The molecule has 2 amide bonds.